The van der Waals surface area contributed by atoms with Crippen molar-refractivity contribution in [1.29, 1.82) is 0 Å². The molecular weight excluding hydrogens is 292 g/mol. The summed E-state index contributed by atoms with van der Waals surface area (Å²) in [4.78, 5) is 26.9. The smallest absolute Gasteiger partial charge is 0.320 e. The van der Waals surface area contributed by atoms with Crippen LogP contribution in [-0.4, -0.2) is 59.0 Å². The van der Waals surface area contributed by atoms with Crippen LogP contribution in [0.25, 0.3) is 0 Å². The Hall–Kier alpha value is -1.59. The second kappa shape index (κ2) is 7.43. The molecule has 5 nitrogen and oxygen atoms in total. The van der Waals surface area contributed by atoms with Crippen LogP contribution in [0.1, 0.15) is 22.8 Å². The van der Waals surface area contributed by atoms with Crippen molar-refractivity contribution in [2.45, 2.75) is 19.9 Å². The Morgan fingerprint density at radius 1 is 1.10 bits per heavy atom. The minimum atomic E-state index is -0.816. The van der Waals surface area contributed by atoms with Gasteiger partial charge in [0.1, 0.15) is 6.04 Å². The van der Waals surface area contributed by atoms with Gasteiger partial charge in [-0.3, -0.25) is 14.5 Å². The molecular formula is C15H21ClN2O3. The maximum absolute atomic E-state index is 12.3. The fourth-order valence-corrected chi connectivity index (χ4v) is 2.35. The van der Waals surface area contributed by atoms with Gasteiger partial charge >= 0.3 is 5.97 Å². The highest BCUT2D eigenvalue weighted by Gasteiger charge is 2.27. The third-order valence-electron chi connectivity index (χ3n) is 3.81. The molecule has 1 unspecified atom stereocenters. The summed E-state index contributed by atoms with van der Waals surface area (Å²) in [6.45, 7) is 6.02. The van der Waals surface area contributed by atoms with E-state index in [0.29, 0.717) is 31.7 Å². The summed E-state index contributed by atoms with van der Waals surface area (Å²) in [6.07, 6.45) is 0. The Balaban J connectivity index is 0.00000220. The fourth-order valence-electron chi connectivity index (χ4n) is 2.35. The number of hydrogen-bond acceptors (Lipinski definition) is 3. The largest absolute Gasteiger partial charge is 0.480 e. The predicted octanol–water partition coefficient (Wildman–Crippen LogP) is 1.65. The maximum Gasteiger partial charge on any atom is 0.320 e. The number of carbonyl (C=O) groups is 2. The Morgan fingerprint density at radius 2 is 1.62 bits per heavy atom. The predicted molar refractivity (Wildman–Crippen MR) is 83.0 cm³/mol. The van der Waals surface area contributed by atoms with E-state index in [1.165, 1.54) is 0 Å². The zero-order chi connectivity index (χ0) is 14.7. The zero-order valence-electron chi connectivity index (χ0n) is 12.3. The van der Waals surface area contributed by atoms with Crippen LogP contribution in [0.3, 0.4) is 0 Å². The highest BCUT2D eigenvalue weighted by Crippen LogP contribution is 2.11. The van der Waals surface area contributed by atoms with E-state index in [9.17, 15) is 9.59 Å². The summed E-state index contributed by atoms with van der Waals surface area (Å²) >= 11 is 0. The minimum absolute atomic E-state index is 0. The second-order valence-electron chi connectivity index (χ2n) is 5.21. The molecule has 0 aromatic heterocycles. The highest BCUT2D eigenvalue weighted by molar-refractivity contribution is 5.94. The Labute approximate surface area is 131 Å². The Bertz CT molecular complexity index is 496. The van der Waals surface area contributed by atoms with Crippen LogP contribution in [0.5, 0.6) is 0 Å². The van der Waals surface area contributed by atoms with Crippen molar-refractivity contribution in [3.8, 4) is 0 Å². The third kappa shape index (κ3) is 4.19. The molecule has 116 valence electrons. The first kappa shape index (κ1) is 17.5. The van der Waals surface area contributed by atoms with Gasteiger partial charge in [-0.15, -0.1) is 12.4 Å². The van der Waals surface area contributed by atoms with Gasteiger partial charge < -0.3 is 10.0 Å². The van der Waals surface area contributed by atoms with Crippen molar-refractivity contribution in [2.24, 2.45) is 0 Å². The fraction of sp³-hybridized carbons (Fsp3) is 0.467. The zero-order valence-corrected chi connectivity index (χ0v) is 13.1. The molecule has 1 N–H and O–H groups in total. The van der Waals surface area contributed by atoms with Crippen LogP contribution in [0.2, 0.25) is 0 Å². The van der Waals surface area contributed by atoms with Crippen molar-refractivity contribution in [3.05, 3.63) is 35.4 Å². The molecule has 0 spiro atoms. The maximum atomic E-state index is 12.3. The molecule has 1 saturated heterocycles. The molecule has 0 saturated carbocycles. The molecule has 1 amide bonds. The molecule has 2 rings (SSSR count). The summed E-state index contributed by atoms with van der Waals surface area (Å²) < 4.78 is 0. The van der Waals surface area contributed by atoms with Crippen LogP contribution < -0.4 is 0 Å². The number of benzene rings is 1. The Morgan fingerprint density at radius 3 is 2.10 bits per heavy atom. The molecule has 21 heavy (non-hydrogen) atoms. The molecule has 1 aliphatic heterocycles. The van der Waals surface area contributed by atoms with Crippen LogP contribution in [0.15, 0.2) is 24.3 Å². The topological polar surface area (TPSA) is 60.9 Å². The average Bonchev–Trinajstić information content (AvgIpc) is 2.46. The molecule has 6 heteroatoms. The molecule has 1 aromatic carbocycles. The van der Waals surface area contributed by atoms with E-state index in [-0.39, 0.29) is 18.3 Å². The van der Waals surface area contributed by atoms with E-state index in [1.807, 2.05) is 36.1 Å². The number of carbonyl (C=O) groups excluding carboxylic acids is 1. The number of rotatable bonds is 3. The molecule has 1 fully saturated rings. The van der Waals surface area contributed by atoms with Crippen LogP contribution >= 0.6 is 12.4 Å². The summed E-state index contributed by atoms with van der Waals surface area (Å²) in [5, 5.41) is 8.99. The van der Waals surface area contributed by atoms with E-state index in [0.717, 1.165) is 5.56 Å². The van der Waals surface area contributed by atoms with Gasteiger partial charge in [0.05, 0.1) is 0 Å². The number of aliphatic carboxylic acids is 1. The van der Waals surface area contributed by atoms with Crippen LogP contribution in [0.4, 0.5) is 0 Å². The number of nitrogens with zero attached hydrogens (tertiary/aromatic N) is 2. The van der Waals surface area contributed by atoms with Gasteiger partial charge in [0.25, 0.3) is 5.91 Å². The van der Waals surface area contributed by atoms with Crippen LogP contribution in [-0.2, 0) is 4.79 Å². The molecule has 1 aliphatic rings. The number of aryl methyl sites for hydroxylation is 1. The van der Waals surface area contributed by atoms with E-state index in [4.69, 9.17) is 5.11 Å². The summed E-state index contributed by atoms with van der Waals surface area (Å²) in [7, 11) is 0. The molecule has 1 aromatic rings. The summed E-state index contributed by atoms with van der Waals surface area (Å²) in [5.41, 5.74) is 1.82. The number of hydrogen-bond donors (Lipinski definition) is 1. The van der Waals surface area contributed by atoms with E-state index < -0.39 is 12.0 Å². The van der Waals surface area contributed by atoms with Gasteiger partial charge in [0.2, 0.25) is 0 Å². The van der Waals surface area contributed by atoms with Gasteiger partial charge in [-0.2, -0.15) is 0 Å². The summed E-state index contributed by atoms with van der Waals surface area (Å²) in [5.74, 6) is -0.795. The lowest BCUT2D eigenvalue weighted by Gasteiger charge is -2.36. The number of halogens is 1. The average molecular weight is 313 g/mol. The first-order chi connectivity index (χ1) is 9.49. The number of carboxylic acids is 1. The molecule has 0 aliphatic carbocycles. The lowest BCUT2D eigenvalue weighted by Crippen LogP contribution is -2.53. The van der Waals surface area contributed by atoms with Gasteiger partial charge in [-0.25, -0.2) is 0 Å². The minimum Gasteiger partial charge on any atom is -0.480 e. The quantitative estimate of drug-likeness (QED) is 0.922. The van der Waals surface area contributed by atoms with Crippen molar-refractivity contribution < 1.29 is 14.7 Å². The molecule has 1 atom stereocenters. The highest BCUT2D eigenvalue weighted by atomic mass is 35.5. The molecule has 1 heterocycles. The van der Waals surface area contributed by atoms with Crippen molar-refractivity contribution in [3.63, 3.8) is 0 Å². The van der Waals surface area contributed by atoms with Gasteiger partial charge in [-0.05, 0) is 26.0 Å². The van der Waals surface area contributed by atoms with Crippen molar-refractivity contribution >= 4 is 24.3 Å². The Kier molecular flexibility index (Phi) is 6.18. The number of carboxylic acid groups (broad SMARTS) is 1. The molecule has 0 radical (unpaired) electrons. The second-order valence-corrected chi connectivity index (χ2v) is 5.21. The lowest BCUT2D eigenvalue weighted by atomic mass is 10.1. The summed E-state index contributed by atoms with van der Waals surface area (Å²) in [6, 6.07) is 7.03. The normalized spacial score (nSPS) is 17.0. The number of amides is 1. The third-order valence-corrected chi connectivity index (χ3v) is 3.81. The van der Waals surface area contributed by atoms with E-state index >= 15 is 0 Å². The van der Waals surface area contributed by atoms with Gasteiger partial charge in [0, 0.05) is 31.7 Å². The standard InChI is InChI=1S/C15H20N2O3.ClH/c1-11-3-5-13(6-4-11)14(18)17-9-7-16(8-10-17)12(2)15(19)20;/h3-6,12H,7-10H2,1-2H3,(H,19,20);1H. The monoisotopic (exact) mass is 312 g/mol. The van der Waals surface area contributed by atoms with E-state index in [1.54, 1.807) is 11.8 Å². The molecule has 0 bridgehead atoms. The SMILES string of the molecule is Cc1ccc(C(=O)N2CCN(C(C)C(=O)O)CC2)cc1.Cl. The van der Waals surface area contributed by atoms with E-state index in [2.05, 4.69) is 0 Å². The first-order valence-electron chi connectivity index (χ1n) is 6.82. The van der Waals surface area contributed by atoms with Crippen molar-refractivity contribution in [1.82, 2.24) is 9.80 Å². The number of piperazine rings is 1. The van der Waals surface area contributed by atoms with Gasteiger partial charge in [0.15, 0.2) is 0 Å². The van der Waals surface area contributed by atoms with Gasteiger partial charge in [-0.1, -0.05) is 17.7 Å². The van der Waals surface area contributed by atoms with Crippen LogP contribution in [0, 0.1) is 6.92 Å². The lowest BCUT2D eigenvalue weighted by molar-refractivity contribution is -0.143. The first-order valence-corrected chi connectivity index (χ1v) is 6.82. The van der Waals surface area contributed by atoms with Crippen molar-refractivity contribution in [2.75, 3.05) is 26.2 Å².